The van der Waals surface area contributed by atoms with E-state index < -0.39 is 6.09 Å². The Morgan fingerprint density at radius 1 is 1.35 bits per heavy atom. The molecule has 5 heteroatoms. The Labute approximate surface area is 116 Å². The second-order valence-electron chi connectivity index (χ2n) is 3.92. The van der Waals surface area contributed by atoms with Gasteiger partial charge >= 0.3 is 6.09 Å². The second kappa shape index (κ2) is 7.04. The van der Waals surface area contributed by atoms with E-state index in [-0.39, 0.29) is 6.61 Å². The van der Waals surface area contributed by atoms with E-state index in [1.54, 1.807) is 29.1 Å². The van der Waals surface area contributed by atoms with Crippen LogP contribution in [-0.2, 0) is 4.74 Å². The molecule has 1 aromatic heterocycles. The molecule has 0 spiro atoms. The summed E-state index contributed by atoms with van der Waals surface area (Å²) < 4.78 is 6.57. The van der Waals surface area contributed by atoms with Gasteiger partial charge in [-0.3, -0.25) is 0 Å². The number of para-hydroxylation sites is 1. The van der Waals surface area contributed by atoms with Gasteiger partial charge in [-0.25, -0.2) is 9.48 Å². The summed E-state index contributed by atoms with van der Waals surface area (Å²) in [6.07, 6.45) is 6.18. The van der Waals surface area contributed by atoms with Gasteiger partial charge in [-0.2, -0.15) is 10.1 Å². The fourth-order valence-electron chi connectivity index (χ4n) is 1.50. The third-order valence-corrected chi connectivity index (χ3v) is 2.48. The van der Waals surface area contributed by atoms with Crippen LogP contribution in [0.1, 0.15) is 6.92 Å². The standard InChI is InChI=1S/C15H15N3O2/c1-2-3-11-20-15(19)17-13-9-10-18(16-12-13)14-7-5-4-6-8-14/h2-10,12H,11H2,1H3/b3-2+,17-13?. The molecule has 5 nitrogen and oxygen atoms in total. The van der Waals surface area contributed by atoms with Crippen molar-refractivity contribution in [3.8, 4) is 5.69 Å². The number of nitrogens with zero attached hydrogens (tertiary/aromatic N) is 3. The molecular formula is C15H15N3O2. The van der Waals surface area contributed by atoms with Gasteiger partial charge in [-0.15, -0.1) is 0 Å². The van der Waals surface area contributed by atoms with Crippen molar-refractivity contribution in [2.75, 3.05) is 6.61 Å². The average Bonchev–Trinajstić information content (AvgIpc) is 2.49. The first-order chi connectivity index (χ1) is 9.79. The van der Waals surface area contributed by atoms with E-state index in [1.807, 2.05) is 37.3 Å². The maximum atomic E-state index is 11.4. The van der Waals surface area contributed by atoms with Crippen molar-refractivity contribution < 1.29 is 9.53 Å². The molecule has 0 aliphatic carbocycles. The van der Waals surface area contributed by atoms with Crippen molar-refractivity contribution in [1.82, 2.24) is 9.78 Å². The lowest BCUT2D eigenvalue weighted by atomic mass is 10.3. The fraction of sp³-hybridized carbons (Fsp3) is 0.133. The zero-order valence-corrected chi connectivity index (χ0v) is 11.1. The Morgan fingerprint density at radius 3 is 2.80 bits per heavy atom. The van der Waals surface area contributed by atoms with Gasteiger partial charge < -0.3 is 4.74 Å². The van der Waals surface area contributed by atoms with Crippen LogP contribution in [0, 0.1) is 0 Å². The first kappa shape index (κ1) is 13.7. The molecule has 1 aromatic carbocycles. The molecular weight excluding hydrogens is 254 g/mol. The number of aromatic nitrogens is 2. The zero-order chi connectivity index (χ0) is 14.2. The monoisotopic (exact) mass is 269 g/mol. The van der Waals surface area contributed by atoms with Gasteiger partial charge in [0.25, 0.3) is 0 Å². The van der Waals surface area contributed by atoms with Crippen LogP contribution in [0.25, 0.3) is 5.69 Å². The molecule has 1 amide bonds. The highest BCUT2D eigenvalue weighted by Gasteiger charge is 1.97. The molecule has 0 saturated heterocycles. The number of amides is 1. The van der Waals surface area contributed by atoms with Gasteiger partial charge in [0.1, 0.15) is 6.61 Å². The molecule has 0 radical (unpaired) electrons. The van der Waals surface area contributed by atoms with Crippen molar-refractivity contribution in [2.24, 2.45) is 4.99 Å². The van der Waals surface area contributed by atoms with Crippen LogP contribution in [0.3, 0.4) is 0 Å². The van der Waals surface area contributed by atoms with E-state index >= 15 is 0 Å². The molecule has 0 aliphatic heterocycles. The van der Waals surface area contributed by atoms with Gasteiger partial charge in [0, 0.05) is 6.20 Å². The molecule has 20 heavy (non-hydrogen) atoms. The summed E-state index contributed by atoms with van der Waals surface area (Å²) in [5.41, 5.74) is 0.940. The van der Waals surface area contributed by atoms with Crippen LogP contribution in [0.2, 0.25) is 0 Å². The number of ether oxygens (including phenoxy) is 1. The van der Waals surface area contributed by atoms with Crippen molar-refractivity contribution in [1.29, 1.82) is 0 Å². The lowest BCUT2D eigenvalue weighted by molar-refractivity contribution is 0.168. The van der Waals surface area contributed by atoms with Crippen molar-refractivity contribution >= 4 is 6.09 Å². The van der Waals surface area contributed by atoms with Crippen molar-refractivity contribution in [3.05, 3.63) is 66.3 Å². The second-order valence-corrected chi connectivity index (χ2v) is 3.92. The van der Waals surface area contributed by atoms with Crippen molar-refractivity contribution in [3.63, 3.8) is 0 Å². The minimum Gasteiger partial charge on any atom is -0.444 e. The van der Waals surface area contributed by atoms with Crippen LogP contribution in [0.5, 0.6) is 0 Å². The molecule has 0 aliphatic rings. The SMILES string of the molecule is C/C=C/COC(=O)N=c1ccn(-c2ccccc2)nc1. The van der Waals surface area contributed by atoms with Gasteiger partial charge in [-0.1, -0.05) is 30.4 Å². The van der Waals surface area contributed by atoms with Gasteiger partial charge in [0.15, 0.2) is 0 Å². The predicted molar refractivity (Wildman–Crippen MR) is 75.3 cm³/mol. The number of hydrogen-bond donors (Lipinski definition) is 0. The number of rotatable bonds is 3. The lowest BCUT2D eigenvalue weighted by Gasteiger charge is -2.03. The maximum absolute atomic E-state index is 11.4. The summed E-state index contributed by atoms with van der Waals surface area (Å²) in [7, 11) is 0. The lowest BCUT2D eigenvalue weighted by Crippen LogP contribution is -2.11. The Morgan fingerprint density at radius 2 is 2.15 bits per heavy atom. The molecule has 0 fully saturated rings. The molecule has 2 aromatic rings. The van der Waals surface area contributed by atoms with Crippen LogP contribution in [-0.4, -0.2) is 22.5 Å². The highest BCUT2D eigenvalue weighted by atomic mass is 16.5. The third kappa shape index (κ3) is 3.91. The summed E-state index contributed by atoms with van der Waals surface area (Å²) in [4.78, 5) is 15.2. The number of hydrogen-bond acceptors (Lipinski definition) is 3. The molecule has 0 saturated carbocycles. The molecule has 1 heterocycles. The Bertz CT molecular complexity index is 640. The summed E-state index contributed by atoms with van der Waals surface area (Å²) >= 11 is 0. The van der Waals surface area contributed by atoms with Gasteiger partial charge in [0.05, 0.1) is 17.2 Å². The van der Waals surface area contributed by atoms with Gasteiger partial charge in [0.2, 0.25) is 0 Å². The Balaban J connectivity index is 2.10. The minimum absolute atomic E-state index is 0.225. The Hall–Kier alpha value is -2.69. The van der Waals surface area contributed by atoms with E-state index in [4.69, 9.17) is 4.74 Å². The largest absolute Gasteiger partial charge is 0.444 e. The molecule has 0 atom stereocenters. The highest BCUT2D eigenvalue weighted by Crippen LogP contribution is 2.02. The molecule has 0 unspecified atom stereocenters. The number of benzene rings is 1. The zero-order valence-electron chi connectivity index (χ0n) is 11.1. The van der Waals surface area contributed by atoms with E-state index in [2.05, 4.69) is 10.1 Å². The smallest absolute Gasteiger partial charge is 0.434 e. The number of allylic oxidation sites excluding steroid dienone is 1. The van der Waals surface area contributed by atoms with Crippen LogP contribution in [0.15, 0.2) is 65.9 Å². The summed E-state index contributed by atoms with van der Waals surface area (Å²) in [6, 6.07) is 11.4. The number of carbonyl (C=O) groups is 1. The normalized spacial score (nSPS) is 11.8. The topological polar surface area (TPSA) is 56.5 Å². The van der Waals surface area contributed by atoms with E-state index in [0.29, 0.717) is 5.36 Å². The van der Waals surface area contributed by atoms with E-state index in [1.165, 1.54) is 6.20 Å². The minimum atomic E-state index is -0.623. The third-order valence-electron chi connectivity index (χ3n) is 2.48. The fourth-order valence-corrected chi connectivity index (χ4v) is 1.50. The summed E-state index contributed by atoms with van der Waals surface area (Å²) in [6.45, 7) is 2.08. The molecule has 0 N–H and O–H groups in total. The Kier molecular flexibility index (Phi) is 4.83. The summed E-state index contributed by atoms with van der Waals surface area (Å²) in [5, 5.41) is 4.66. The average molecular weight is 269 g/mol. The van der Waals surface area contributed by atoms with Crippen LogP contribution >= 0.6 is 0 Å². The highest BCUT2D eigenvalue weighted by molar-refractivity contribution is 5.68. The van der Waals surface area contributed by atoms with E-state index in [9.17, 15) is 4.79 Å². The molecule has 2 rings (SSSR count). The van der Waals surface area contributed by atoms with Crippen LogP contribution < -0.4 is 5.36 Å². The summed E-state index contributed by atoms with van der Waals surface area (Å²) in [5.74, 6) is 0. The maximum Gasteiger partial charge on any atom is 0.434 e. The quantitative estimate of drug-likeness (QED) is 0.804. The molecule has 102 valence electrons. The predicted octanol–water partition coefficient (Wildman–Crippen LogP) is 2.49. The first-order valence-corrected chi connectivity index (χ1v) is 6.22. The van der Waals surface area contributed by atoms with Crippen LogP contribution in [0.4, 0.5) is 4.79 Å². The van der Waals surface area contributed by atoms with E-state index in [0.717, 1.165) is 5.69 Å². The van der Waals surface area contributed by atoms with Gasteiger partial charge in [-0.05, 0) is 25.1 Å². The van der Waals surface area contributed by atoms with Crippen molar-refractivity contribution in [2.45, 2.75) is 6.92 Å². The number of carbonyl (C=O) groups excluding carboxylic acids is 1. The first-order valence-electron chi connectivity index (χ1n) is 6.22. The molecule has 0 bridgehead atoms.